The van der Waals surface area contributed by atoms with E-state index >= 15 is 0 Å². The zero-order valence-corrected chi connectivity index (χ0v) is 15.8. The Morgan fingerprint density at radius 1 is 0.966 bits per heavy atom. The number of benzene rings is 3. The fourth-order valence-corrected chi connectivity index (χ4v) is 3.97. The van der Waals surface area contributed by atoms with Gasteiger partial charge in [0.25, 0.3) is 0 Å². The quantitative estimate of drug-likeness (QED) is 0.553. The number of alkyl halides is 3. The van der Waals surface area contributed by atoms with Crippen molar-refractivity contribution in [2.75, 3.05) is 7.11 Å². The number of rotatable bonds is 2. The summed E-state index contributed by atoms with van der Waals surface area (Å²) >= 11 is 6.14. The summed E-state index contributed by atoms with van der Waals surface area (Å²) in [7, 11) is 1.22. The molecule has 0 aromatic heterocycles. The third-order valence-electron chi connectivity index (χ3n) is 5.13. The molecule has 1 aliphatic carbocycles. The van der Waals surface area contributed by atoms with E-state index < -0.39 is 17.7 Å². The van der Waals surface area contributed by atoms with Crippen LogP contribution in [0.2, 0.25) is 5.02 Å². The third-order valence-corrected chi connectivity index (χ3v) is 5.45. The Hall–Kier alpha value is -2.83. The number of ether oxygens (including phenoxy) is 1. The van der Waals surface area contributed by atoms with E-state index in [4.69, 9.17) is 11.6 Å². The van der Waals surface area contributed by atoms with E-state index in [0.29, 0.717) is 22.3 Å². The van der Waals surface area contributed by atoms with Crippen LogP contribution in [0.15, 0.2) is 60.7 Å². The fourth-order valence-electron chi connectivity index (χ4n) is 3.71. The van der Waals surface area contributed by atoms with Crippen LogP contribution in [-0.4, -0.2) is 24.4 Å². The molecule has 0 spiro atoms. The molecule has 29 heavy (non-hydrogen) atoms. The summed E-state index contributed by atoms with van der Waals surface area (Å²) in [4.78, 5) is 11.7. The molecule has 148 valence electrons. The molecule has 0 amide bonds. The van der Waals surface area contributed by atoms with Gasteiger partial charge in [0, 0.05) is 11.1 Å². The Labute approximate surface area is 169 Å². The van der Waals surface area contributed by atoms with Gasteiger partial charge in [0.1, 0.15) is 0 Å². The molecule has 3 nitrogen and oxygen atoms in total. The maximum atomic E-state index is 14.0. The molecule has 1 aliphatic rings. The number of carbonyl (C=O) groups excluding carboxylic acids is 1. The van der Waals surface area contributed by atoms with E-state index in [1.54, 1.807) is 30.3 Å². The Morgan fingerprint density at radius 2 is 1.59 bits per heavy atom. The van der Waals surface area contributed by atoms with Crippen LogP contribution in [0.5, 0.6) is 0 Å². The number of fused-ring (bicyclic) bond motifs is 3. The number of carbonyl (C=O) groups is 1. The van der Waals surface area contributed by atoms with Crippen LogP contribution in [0.25, 0.3) is 22.3 Å². The molecule has 1 unspecified atom stereocenters. The van der Waals surface area contributed by atoms with Crippen molar-refractivity contribution in [1.82, 2.24) is 0 Å². The van der Waals surface area contributed by atoms with E-state index in [1.165, 1.54) is 37.4 Å². The highest BCUT2D eigenvalue weighted by atomic mass is 35.5. The van der Waals surface area contributed by atoms with E-state index in [0.717, 1.165) is 0 Å². The lowest BCUT2D eigenvalue weighted by atomic mass is 9.89. The van der Waals surface area contributed by atoms with Gasteiger partial charge >= 0.3 is 12.1 Å². The average Bonchev–Trinajstić information content (AvgIpc) is 2.97. The minimum atomic E-state index is -4.90. The summed E-state index contributed by atoms with van der Waals surface area (Å²) in [6, 6.07) is 14.9. The Bertz CT molecular complexity index is 1140. The number of hydrogen-bond acceptors (Lipinski definition) is 3. The number of hydrogen-bond donors (Lipinski definition) is 1. The van der Waals surface area contributed by atoms with Crippen molar-refractivity contribution in [1.29, 1.82) is 0 Å². The summed E-state index contributed by atoms with van der Waals surface area (Å²) in [6.45, 7) is 0. The van der Waals surface area contributed by atoms with E-state index in [-0.39, 0.29) is 21.7 Å². The lowest BCUT2D eigenvalue weighted by molar-refractivity contribution is -0.246. The predicted molar refractivity (Wildman–Crippen MR) is 103 cm³/mol. The average molecular weight is 419 g/mol. The number of methoxy groups -OCH3 is 1. The molecule has 4 rings (SSSR count). The smallest absolute Gasteiger partial charge is 0.425 e. The number of esters is 1. The first-order valence-corrected chi connectivity index (χ1v) is 8.98. The van der Waals surface area contributed by atoms with Gasteiger partial charge < -0.3 is 9.84 Å². The highest BCUT2D eigenvalue weighted by Gasteiger charge is 2.60. The van der Waals surface area contributed by atoms with Crippen LogP contribution in [-0.2, 0) is 10.3 Å². The van der Waals surface area contributed by atoms with Gasteiger partial charge in [0.05, 0.1) is 17.7 Å². The van der Waals surface area contributed by atoms with Crippen molar-refractivity contribution in [2.24, 2.45) is 0 Å². The Balaban J connectivity index is 1.89. The minimum absolute atomic E-state index is 0.115. The summed E-state index contributed by atoms with van der Waals surface area (Å²) in [6.07, 6.45) is -4.90. The first kappa shape index (κ1) is 19.5. The van der Waals surface area contributed by atoms with Crippen molar-refractivity contribution in [3.63, 3.8) is 0 Å². The zero-order chi connectivity index (χ0) is 21.0. The molecule has 1 atom stereocenters. The molecule has 0 radical (unpaired) electrons. The van der Waals surface area contributed by atoms with Crippen molar-refractivity contribution < 1.29 is 27.8 Å². The lowest BCUT2D eigenvalue weighted by Gasteiger charge is -2.28. The first-order chi connectivity index (χ1) is 13.7. The van der Waals surface area contributed by atoms with Crippen molar-refractivity contribution in [3.8, 4) is 22.3 Å². The van der Waals surface area contributed by atoms with Crippen molar-refractivity contribution in [3.05, 3.63) is 82.4 Å². The molecule has 0 heterocycles. The maximum Gasteiger partial charge on any atom is 0.425 e. The molecule has 3 aromatic carbocycles. The third kappa shape index (κ3) is 2.82. The van der Waals surface area contributed by atoms with Crippen LogP contribution in [0, 0.1) is 0 Å². The maximum absolute atomic E-state index is 14.0. The van der Waals surface area contributed by atoms with Gasteiger partial charge in [-0.15, -0.1) is 0 Å². The molecule has 0 fully saturated rings. The summed E-state index contributed by atoms with van der Waals surface area (Å²) in [5.74, 6) is -0.614. The van der Waals surface area contributed by atoms with E-state index in [1.807, 2.05) is 0 Å². The molecular weight excluding hydrogens is 405 g/mol. The minimum Gasteiger partial charge on any atom is -0.465 e. The lowest BCUT2D eigenvalue weighted by Crippen LogP contribution is -2.41. The van der Waals surface area contributed by atoms with Crippen LogP contribution < -0.4 is 0 Å². The predicted octanol–water partition coefficient (Wildman–Crippen LogP) is 5.57. The van der Waals surface area contributed by atoms with Crippen LogP contribution in [0.4, 0.5) is 13.2 Å². The monoisotopic (exact) mass is 418 g/mol. The topological polar surface area (TPSA) is 46.5 Å². The van der Waals surface area contributed by atoms with E-state index in [9.17, 15) is 23.1 Å². The van der Waals surface area contributed by atoms with Gasteiger partial charge in [-0.1, -0.05) is 54.1 Å². The van der Waals surface area contributed by atoms with Crippen LogP contribution >= 0.6 is 11.6 Å². The molecule has 7 heteroatoms. The number of aliphatic hydroxyl groups is 1. The molecular formula is C22H14ClF3O3. The second kappa shape index (κ2) is 6.61. The Kier molecular flexibility index (Phi) is 4.44. The molecule has 0 aliphatic heterocycles. The zero-order valence-electron chi connectivity index (χ0n) is 15.0. The second-order valence-electron chi connectivity index (χ2n) is 6.70. The van der Waals surface area contributed by atoms with Crippen LogP contribution in [0.1, 0.15) is 21.5 Å². The van der Waals surface area contributed by atoms with Crippen LogP contribution in [0.3, 0.4) is 0 Å². The Morgan fingerprint density at radius 3 is 2.24 bits per heavy atom. The van der Waals surface area contributed by atoms with Gasteiger partial charge in [-0.05, 0) is 40.5 Å². The first-order valence-electron chi connectivity index (χ1n) is 8.60. The van der Waals surface area contributed by atoms with E-state index in [2.05, 4.69) is 4.74 Å². The normalized spacial score (nSPS) is 17.6. The highest BCUT2D eigenvalue weighted by Crippen LogP contribution is 2.55. The van der Waals surface area contributed by atoms with Gasteiger partial charge in [-0.2, -0.15) is 13.2 Å². The largest absolute Gasteiger partial charge is 0.465 e. The highest BCUT2D eigenvalue weighted by molar-refractivity contribution is 6.33. The SMILES string of the molecule is COC(=O)c1ccc(-c2ccc3c(c2)C(O)(C(F)(F)F)c2ccccc2-3)cc1Cl. The summed E-state index contributed by atoms with van der Waals surface area (Å²) < 4.78 is 46.5. The van der Waals surface area contributed by atoms with Crippen molar-refractivity contribution >= 4 is 17.6 Å². The molecule has 0 saturated carbocycles. The summed E-state index contributed by atoms with van der Waals surface area (Å²) in [5.41, 5.74) is -1.79. The summed E-state index contributed by atoms with van der Waals surface area (Å²) in [5, 5.41) is 10.9. The van der Waals surface area contributed by atoms with Gasteiger partial charge in [-0.3, -0.25) is 0 Å². The van der Waals surface area contributed by atoms with Gasteiger partial charge in [0.2, 0.25) is 5.60 Å². The molecule has 0 saturated heterocycles. The standard InChI is InChI=1S/C22H14ClF3O3/c1-29-20(27)16-9-7-13(11-19(16)23)12-6-8-15-14-4-2-3-5-17(14)21(28,18(15)10-12)22(24,25)26/h2-11,28H,1H3. The van der Waals surface area contributed by atoms with Gasteiger partial charge in [0.15, 0.2) is 0 Å². The van der Waals surface area contributed by atoms with Gasteiger partial charge in [-0.25, -0.2) is 4.79 Å². The molecule has 3 aromatic rings. The number of halogens is 4. The second-order valence-corrected chi connectivity index (χ2v) is 7.11. The fraction of sp³-hybridized carbons (Fsp3) is 0.136. The molecule has 1 N–H and O–H groups in total. The molecule has 0 bridgehead atoms. The van der Waals surface area contributed by atoms with Crippen molar-refractivity contribution in [2.45, 2.75) is 11.8 Å².